The molecule has 3 aliphatic rings. The summed E-state index contributed by atoms with van der Waals surface area (Å²) in [4.78, 5) is 166. The molecule has 19 N–H and O–H groups in total. The highest BCUT2D eigenvalue weighted by Crippen LogP contribution is 2.48. The molecule has 0 radical (unpaired) electrons. The van der Waals surface area contributed by atoms with E-state index in [9.17, 15) is 47.9 Å². The minimum atomic E-state index is -1.77. The zero-order chi connectivity index (χ0) is 63.7. The van der Waals surface area contributed by atoms with Crippen molar-refractivity contribution in [3.8, 4) is 0 Å². The molecule has 1 aliphatic carbocycles. The lowest BCUT2D eigenvalue weighted by atomic mass is 9.85. The molecule has 2 aliphatic heterocycles. The van der Waals surface area contributed by atoms with E-state index in [0.717, 1.165) is 41.1 Å². The number of nitrogens with one attached hydrogen (secondary N) is 9. The number of rotatable bonds is 21. The number of H-pyrrole nitrogens is 2. The molecule has 7 rings (SSSR count). The number of nitrogens with zero attached hydrogens (tertiary/aromatic N) is 2. The second kappa shape index (κ2) is 31.5. The SMILES string of the molecule is CC[C@H](C)[C@@H]1NC(=O)[C@H](Cc2c[nH]c3ccccc23)NC(=O)CC2(CCCCC2)SSC[C@@H](C(=O)N2CCC[C@@H]2C(=O)N[C@H](CCCN=C(N)N)C(=O)N[C@H](Cc2c[nH]c3ccccc23)C(N)=O)NC(=O)[C@H](CC(N)=O)NC(=O)[C@@H](CCC(N)=O)NC1=O. The van der Waals surface area contributed by atoms with Crippen LogP contribution >= 0.6 is 21.6 Å². The van der Waals surface area contributed by atoms with Gasteiger partial charge in [0.25, 0.3) is 0 Å². The molecule has 2 aromatic carbocycles. The number of hydrogen-bond acceptors (Lipinski definition) is 14. The maximum atomic E-state index is 15.2. The molecule has 4 aromatic rings. The van der Waals surface area contributed by atoms with Gasteiger partial charge in [-0.05, 0) is 74.1 Å². The number of primary amides is 3. The van der Waals surface area contributed by atoms with Crippen LogP contribution in [0.2, 0.25) is 0 Å². The molecule has 0 unspecified atom stereocenters. The lowest BCUT2D eigenvalue weighted by Crippen LogP contribution is -2.61. The van der Waals surface area contributed by atoms with Crippen LogP contribution < -0.4 is 65.9 Å². The van der Waals surface area contributed by atoms with E-state index in [0.29, 0.717) is 36.8 Å². The standard InChI is InChI=1S/C59H82N16O11S2/c1-3-32(2)49-56(85)70-40(19-20-46(60)76)52(81)72-43(27-47(61)77)53(82)73-44(31-87-88-59(21-9-4-10-22-59)28-48(78)68-42(54(83)74-49)26-34-30-67-38-16-8-6-14-36(34)38)57(86)75-24-12-18-45(75)55(84)69-39(17-11-23-65-58(63)64)51(80)71-41(50(62)79)25-33-29-66-37-15-7-5-13-35(33)37/h5-8,13-16,29-30,32,39-45,49,66-67H,3-4,9-12,17-28,31H2,1-2H3,(H2,60,76)(H2,61,77)(H2,62,79)(H,68,78)(H,69,84)(H,70,85)(H,71,80)(H,72,81)(H,73,82)(H,74,83)(H4,63,64,65)/t32-,39+,40+,41+,42-,43-,44-,45+,49-/m0/s1. The third-order valence-corrected chi connectivity index (χ3v) is 19.7. The molecule has 11 amide bonds. The molecule has 2 saturated heterocycles. The van der Waals surface area contributed by atoms with Crippen molar-refractivity contribution in [1.29, 1.82) is 0 Å². The van der Waals surface area contributed by atoms with E-state index in [2.05, 4.69) is 52.2 Å². The van der Waals surface area contributed by atoms with Crippen LogP contribution in [0.5, 0.6) is 0 Å². The first-order valence-electron chi connectivity index (χ1n) is 29.8. The summed E-state index contributed by atoms with van der Waals surface area (Å²) >= 11 is 0. The minimum Gasteiger partial charge on any atom is -0.370 e. The molecule has 29 heteroatoms. The van der Waals surface area contributed by atoms with Gasteiger partial charge in [0.05, 0.1) is 6.42 Å². The third kappa shape index (κ3) is 18.4. The fourth-order valence-corrected chi connectivity index (χ4v) is 14.8. The van der Waals surface area contributed by atoms with E-state index in [1.54, 1.807) is 26.2 Å². The lowest BCUT2D eigenvalue weighted by Gasteiger charge is -2.37. The maximum absolute atomic E-state index is 15.2. The second-order valence-electron chi connectivity index (χ2n) is 22.9. The van der Waals surface area contributed by atoms with E-state index >= 15 is 4.79 Å². The minimum absolute atomic E-state index is 0.0172. The number of carbonyl (C=O) groups excluding carboxylic acids is 11. The van der Waals surface area contributed by atoms with Crippen molar-refractivity contribution in [2.45, 2.75) is 170 Å². The van der Waals surface area contributed by atoms with Crippen LogP contribution in [0, 0.1) is 5.92 Å². The first kappa shape index (κ1) is 67.2. The number of para-hydroxylation sites is 2. The van der Waals surface area contributed by atoms with Crippen LogP contribution in [0.25, 0.3) is 21.8 Å². The number of hydrogen-bond donors (Lipinski definition) is 14. The number of nitrogens with two attached hydrogens (primary N) is 5. The number of aliphatic imine (C=N–C) groups is 1. The predicted octanol–water partition coefficient (Wildman–Crippen LogP) is 0.0329. The summed E-state index contributed by atoms with van der Waals surface area (Å²) < 4.78 is -0.745. The van der Waals surface area contributed by atoms with Gasteiger partial charge in [-0.15, -0.1) is 0 Å². The molecule has 3 fully saturated rings. The van der Waals surface area contributed by atoms with Crippen molar-refractivity contribution in [3.63, 3.8) is 0 Å². The molecular formula is C59H82N16O11S2. The van der Waals surface area contributed by atoms with Crippen molar-refractivity contribution in [3.05, 3.63) is 72.1 Å². The Bertz CT molecular complexity index is 3230. The van der Waals surface area contributed by atoms with Crippen LogP contribution in [-0.4, -0.2) is 158 Å². The van der Waals surface area contributed by atoms with Gasteiger partial charge in [0.15, 0.2) is 5.96 Å². The first-order chi connectivity index (χ1) is 42.0. The van der Waals surface area contributed by atoms with Gasteiger partial charge < -0.3 is 80.8 Å². The van der Waals surface area contributed by atoms with E-state index in [1.165, 1.54) is 26.5 Å². The van der Waals surface area contributed by atoms with Gasteiger partial charge in [0.2, 0.25) is 65.0 Å². The summed E-state index contributed by atoms with van der Waals surface area (Å²) in [5.41, 5.74) is 31.2. The Hall–Kier alpha value is -8.34. The van der Waals surface area contributed by atoms with E-state index in [1.807, 2.05) is 48.5 Å². The van der Waals surface area contributed by atoms with Crippen molar-refractivity contribution in [1.82, 2.24) is 52.1 Å². The van der Waals surface area contributed by atoms with E-state index in [-0.39, 0.29) is 69.7 Å². The van der Waals surface area contributed by atoms with Crippen molar-refractivity contribution in [2.24, 2.45) is 39.6 Å². The Morgan fingerprint density at radius 1 is 0.727 bits per heavy atom. The summed E-state index contributed by atoms with van der Waals surface area (Å²) in [6.45, 7) is 3.61. The van der Waals surface area contributed by atoms with Gasteiger partial charge in [-0.2, -0.15) is 0 Å². The molecular weight excluding hydrogens is 1170 g/mol. The van der Waals surface area contributed by atoms with Gasteiger partial charge >= 0.3 is 0 Å². The number of benzene rings is 2. The van der Waals surface area contributed by atoms with Crippen molar-refractivity contribution < 1.29 is 52.7 Å². The van der Waals surface area contributed by atoms with Crippen LogP contribution in [0.3, 0.4) is 0 Å². The normalized spacial score (nSPS) is 22.6. The lowest BCUT2D eigenvalue weighted by molar-refractivity contribution is -0.142. The molecule has 27 nitrogen and oxygen atoms in total. The molecule has 1 saturated carbocycles. The van der Waals surface area contributed by atoms with E-state index in [4.69, 9.17) is 28.7 Å². The maximum Gasteiger partial charge on any atom is 0.246 e. The molecule has 2 aromatic heterocycles. The largest absolute Gasteiger partial charge is 0.370 e. The predicted molar refractivity (Wildman–Crippen MR) is 334 cm³/mol. The topological polar surface area (TPSA) is 449 Å². The number of carbonyl (C=O) groups is 11. The number of aromatic nitrogens is 2. The van der Waals surface area contributed by atoms with E-state index < -0.39 is 137 Å². The summed E-state index contributed by atoms with van der Waals surface area (Å²) in [7, 11) is 2.54. The third-order valence-electron chi connectivity index (χ3n) is 16.4. The average molecular weight is 1260 g/mol. The summed E-state index contributed by atoms with van der Waals surface area (Å²) in [6.07, 6.45) is 6.35. The van der Waals surface area contributed by atoms with Crippen LogP contribution in [0.4, 0.5) is 0 Å². The Morgan fingerprint density at radius 3 is 2.01 bits per heavy atom. The molecule has 9 atom stereocenters. The first-order valence-corrected chi connectivity index (χ1v) is 32.1. The molecule has 4 heterocycles. The fourth-order valence-electron chi connectivity index (χ4n) is 11.4. The zero-order valence-corrected chi connectivity index (χ0v) is 51.1. The zero-order valence-electron chi connectivity index (χ0n) is 49.5. The number of guanidine groups is 1. The Balaban J connectivity index is 1.19. The number of amides is 11. The van der Waals surface area contributed by atoms with Crippen LogP contribution in [0.1, 0.15) is 115 Å². The van der Waals surface area contributed by atoms with Gasteiger partial charge in [0.1, 0.15) is 48.3 Å². The second-order valence-corrected chi connectivity index (χ2v) is 25.7. The number of fused-ring (bicyclic) bond motifs is 2. The van der Waals surface area contributed by atoms with Crippen molar-refractivity contribution >= 4 is 114 Å². The van der Waals surface area contributed by atoms with Crippen LogP contribution in [0.15, 0.2) is 65.9 Å². The van der Waals surface area contributed by atoms with Crippen molar-refractivity contribution in [2.75, 3.05) is 18.8 Å². The smallest absolute Gasteiger partial charge is 0.246 e. The molecule has 476 valence electrons. The molecule has 1 spiro atoms. The summed E-state index contributed by atoms with van der Waals surface area (Å²) in [5, 5.41) is 20.8. The highest BCUT2D eigenvalue weighted by Gasteiger charge is 2.43. The quantitative estimate of drug-likeness (QED) is 0.0227. The summed E-state index contributed by atoms with van der Waals surface area (Å²) in [6, 6.07) is 3.80. The van der Waals surface area contributed by atoms with Gasteiger partial charge in [0, 0.05) is 83.5 Å². The monoisotopic (exact) mass is 1250 g/mol. The number of aromatic amines is 2. The van der Waals surface area contributed by atoms with Gasteiger partial charge in [-0.1, -0.05) is 97.5 Å². The fraction of sp³-hybridized carbons (Fsp3) is 0.525. The summed E-state index contributed by atoms with van der Waals surface area (Å²) in [5.74, 6) is -9.92. The van der Waals surface area contributed by atoms with Crippen LogP contribution in [-0.2, 0) is 65.6 Å². The highest BCUT2D eigenvalue weighted by molar-refractivity contribution is 8.77. The molecule has 88 heavy (non-hydrogen) atoms. The Labute approximate surface area is 517 Å². The van der Waals surface area contributed by atoms with Gasteiger partial charge in [-0.3, -0.25) is 57.7 Å². The Morgan fingerprint density at radius 2 is 1.36 bits per heavy atom. The highest BCUT2D eigenvalue weighted by atomic mass is 33.1. The number of likely N-dealkylation sites (tertiary alicyclic amines) is 1. The average Bonchev–Trinajstić information content (AvgIpc) is 3.01. The molecule has 0 bridgehead atoms. The van der Waals surface area contributed by atoms with Gasteiger partial charge in [-0.25, -0.2) is 0 Å². The Kier molecular flexibility index (Phi) is 24.1.